The minimum atomic E-state index is -0.568. The van der Waals surface area contributed by atoms with Crippen LogP contribution < -0.4 is 11.1 Å². The maximum atomic E-state index is 10.8. The molecule has 0 fully saturated rings. The molecule has 0 atom stereocenters. The molecule has 168 valence electrons. The first kappa shape index (κ1) is 22.4. The smallest absolute Gasteiger partial charge is 0.311 e. The quantitative estimate of drug-likeness (QED) is 0.210. The molecule has 0 spiro atoms. The molecule has 3 aromatic heterocycles. The van der Waals surface area contributed by atoms with Crippen LogP contribution in [0.5, 0.6) is 0 Å². The summed E-state index contributed by atoms with van der Waals surface area (Å²) in [5, 5.41) is 15.0. The third kappa shape index (κ3) is 5.18. The topological polar surface area (TPSA) is 138 Å². The van der Waals surface area contributed by atoms with E-state index >= 15 is 0 Å². The van der Waals surface area contributed by atoms with Gasteiger partial charge in [-0.15, -0.1) is 0 Å². The Hall–Kier alpha value is -3.76. The van der Waals surface area contributed by atoms with E-state index in [0.717, 1.165) is 11.3 Å². The van der Waals surface area contributed by atoms with E-state index < -0.39 is 4.92 Å². The number of aromatic nitrogens is 5. The van der Waals surface area contributed by atoms with E-state index in [2.05, 4.69) is 20.3 Å². The van der Waals surface area contributed by atoms with Gasteiger partial charge in [0.05, 0.1) is 33.9 Å². The van der Waals surface area contributed by atoms with Gasteiger partial charge >= 0.3 is 5.69 Å². The molecule has 0 radical (unpaired) electrons. The van der Waals surface area contributed by atoms with E-state index in [4.69, 9.17) is 33.9 Å². The van der Waals surface area contributed by atoms with Crippen LogP contribution in [0.2, 0.25) is 10.0 Å². The average Bonchev–Trinajstić information content (AvgIpc) is 3.31. The van der Waals surface area contributed by atoms with Crippen LogP contribution >= 0.6 is 23.2 Å². The van der Waals surface area contributed by atoms with Gasteiger partial charge in [-0.1, -0.05) is 23.2 Å². The highest BCUT2D eigenvalue weighted by molar-refractivity contribution is 6.36. The summed E-state index contributed by atoms with van der Waals surface area (Å²) in [6, 6.07) is 8.10. The fourth-order valence-corrected chi connectivity index (χ4v) is 3.68. The fourth-order valence-electron chi connectivity index (χ4n) is 3.19. The molecule has 0 saturated heterocycles. The molecule has 1 aromatic carbocycles. The number of nitrogens with zero attached hydrogens (tertiary/aromatic N) is 6. The molecule has 0 aliphatic heterocycles. The van der Waals surface area contributed by atoms with Crippen molar-refractivity contribution in [1.82, 2.24) is 24.5 Å². The number of hydrogen-bond donors (Lipinski definition) is 2. The lowest BCUT2D eigenvalue weighted by Crippen LogP contribution is -2.09. The van der Waals surface area contributed by atoms with Crippen LogP contribution in [0.25, 0.3) is 16.9 Å². The van der Waals surface area contributed by atoms with Crippen LogP contribution in [0.1, 0.15) is 12.2 Å². The molecule has 0 amide bonds. The third-order valence-corrected chi connectivity index (χ3v) is 5.32. The Morgan fingerprint density at radius 1 is 1.18 bits per heavy atom. The molecule has 3 N–H and O–H groups in total. The van der Waals surface area contributed by atoms with Crippen molar-refractivity contribution in [3.63, 3.8) is 0 Å². The Labute approximate surface area is 198 Å². The summed E-state index contributed by atoms with van der Waals surface area (Å²) in [6.07, 6.45) is 8.15. The molecule has 12 heteroatoms. The minimum absolute atomic E-state index is 0.132. The Bertz CT molecular complexity index is 1300. The van der Waals surface area contributed by atoms with Gasteiger partial charge in [0.1, 0.15) is 11.6 Å². The van der Waals surface area contributed by atoms with Gasteiger partial charge in [0.2, 0.25) is 5.82 Å². The number of benzene rings is 1. The highest BCUT2D eigenvalue weighted by Crippen LogP contribution is 2.32. The van der Waals surface area contributed by atoms with Crippen molar-refractivity contribution in [3.05, 3.63) is 81.2 Å². The van der Waals surface area contributed by atoms with E-state index in [1.54, 1.807) is 37.1 Å². The lowest BCUT2D eigenvalue weighted by molar-refractivity contribution is -0.384. The summed E-state index contributed by atoms with van der Waals surface area (Å²) < 4.78 is 1.82. The first-order valence-corrected chi connectivity index (χ1v) is 10.6. The van der Waals surface area contributed by atoms with Gasteiger partial charge < -0.3 is 15.6 Å². The second-order valence-electron chi connectivity index (χ2n) is 7.00. The zero-order chi connectivity index (χ0) is 23.4. The second-order valence-corrected chi connectivity index (χ2v) is 7.85. The molecular weight excluding hydrogens is 467 g/mol. The van der Waals surface area contributed by atoms with Gasteiger partial charge in [-0.2, -0.15) is 0 Å². The SMILES string of the molecule is Nc1nc(NCCCc2ncc(-n3ccnc3)c(-c3ccc(Cl)cc3Cl)n2)ccc1[N+](=O)[O-]. The number of nitro groups is 1. The Balaban J connectivity index is 1.49. The number of pyridine rings is 1. The van der Waals surface area contributed by atoms with Crippen molar-refractivity contribution in [2.45, 2.75) is 12.8 Å². The van der Waals surface area contributed by atoms with Crippen molar-refractivity contribution in [2.75, 3.05) is 17.6 Å². The summed E-state index contributed by atoms with van der Waals surface area (Å²) >= 11 is 12.5. The third-order valence-electron chi connectivity index (χ3n) is 4.77. The van der Waals surface area contributed by atoms with Crippen molar-refractivity contribution >= 4 is 40.5 Å². The normalized spacial score (nSPS) is 10.8. The van der Waals surface area contributed by atoms with E-state index in [1.807, 2.05) is 10.6 Å². The van der Waals surface area contributed by atoms with Crippen LogP contribution in [0.3, 0.4) is 0 Å². The Morgan fingerprint density at radius 2 is 2.03 bits per heavy atom. The van der Waals surface area contributed by atoms with Crippen molar-refractivity contribution < 1.29 is 4.92 Å². The van der Waals surface area contributed by atoms with Crippen LogP contribution in [0.4, 0.5) is 17.3 Å². The van der Waals surface area contributed by atoms with Gasteiger partial charge in [-0.25, -0.2) is 19.9 Å². The summed E-state index contributed by atoms with van der Waals surface area (Å²) in [4.78, 5) is 27.6. The highest BCUT2D eigenvalue weighted by Gasteiger charge is 2.15. The van der Waals surface area contributed by atoms with Crippen LogP contribution in [0, 0.1) is 10.1 Å². The summed E-state index contributed by atoms with van der Waals surface area (Å²) in [7, 11) is 0. The van der Waals surface area contributed by atoms with Gasteiger partial charge in [0.15, 0.2) is 0 Å². The monoisotopic (exact) mass is 484 g/mol. The van der Waals surface area contributed by atoms with Crippen molar-refractivity contribution in [2.24, 2.45) is 0 Å². The highest BCUT2D eigenvalue weighted by atomic mass is 35.5. The molecule has 0 unspecified atom stereocenters. The number of anilines is 2. The Morgan fingerprint density at radius 3 is 2.73 bits per heavy atom. The lowest BCUT2D eigenvalue weighted by atomic mass is 10.1. The number of nitrogens with two attached hydrogens (primary N) is 1. The van der Waals surface area contributed by atoms with Gasteiger partial charge in [0, 0.05) is 42.0 Å². The van der Waals surface area contributed by atoms with Crippen LogP contribution in [-0.2, 0) is 6.42 Å². The first-order valence-electron chi connectivity index (χ1n) is 9.87. The fraction of sp³-hybridized carbons (Fsp3) is 0.143. The summed E-state index contributed by atoms with van der Waals surface area (Å²) in [6.45, 7) is 0.550. The Kier molecular flexibility index (Phi) is 6.66. The average molecular weight is 485 g/mol. The predicted molar refractivity (Wildman–Crippen MR) is 127 cm³/mol. The molecule has 33 heavy (non-hydrogen) atoms. The number of nitrogen functional groups attached to an aromatic ring is 1. The second kappa shape index (κ2) is 9.80. The van der Waals surface area contributed by atoms with Gasteiger partial charge in [-0.05, 0) is 30.7 Å². The molecule has 0 bridgehead atoms. The zero-order valence-electron chi connectivity index (χ0n) is 17.2. The molecule has 4 aromatic rings. The summed E-state index contributed by atoms with van der Waals surface area (Å²) in [5.74, 6) is 0.967. The first-order chi connectivity index (χ1) is 15.9. The van der Waals surface area contributed by atoms with E-state index in [-0.39, 0.29) is 11.5 Å². The maximum absolute atomic E-state index is 10.8. The number of aryl methyl sites for hydroxylation is 1. The number of imidazole rings is 1. The van der Waals surface area contributed by atoms with Crippen LogP contribution in [0.15, 0.2) is 55.2 Å². The van der Waals surface area contributed by atoms with E-state index in [0.29, 0.717) is 46.8 Å². The molecular formula is C21H18Cl2N8O2. The lowest BCUT2D eigenvalue weighted by Gasteiger charge is -2.13. The number of nitrogens with one attached hydrogen (secondary N) is 1. The van der Waals surface area contributed by atoms with E-state index in [1.165, 1.54) is 12.1 Å². The van der Waals surface area contributed by atoms with Crippen molar-refractivity contribution in [1.29, 1.82) is 0 Å². The zero-order valence-corrected chi connectivity index (χ0v) is 18.7. The maximum Gasteiger partial charge on any atom is 0.311 e. The van der Waals surface area contributed by atoms with Crippen LogP contribution in [-0.4, -0.2) is 36.0 Å². The standard InChI is InChI=1S/C21H18Cl2N8O2/c22-13-3-4-14(15(23)10-13)20-17(30-9-8-25-12-30)11-27-18(28-20)2-1-7-26-19-6-5-16(31(32)33)21(24)29-19/h3-6,8-12H,1-2,7H2,(H3,24,26,29). The molecule has 0 aliphatic carbocycles. The summed E-state index contributed by atoms with van der Waals surface area (Å²) in [5.41, 5.74) is 7.54. The molecule has 3 heterocycles. The largest absolute Gasteiger partial charge is 0.378 e. The molecule has 4 rings (SSSR count). The molecule has 10 nitrogen and oxygen atoms in total. The van der Waals surface area contributed by atoms with Gasteiger partial charge in [-0.3, -0.25) is 10.1 Å². The van der Waals surface area contributed by atoms with Crippen molar-refractivity contribution in [3.8, 4) is 16.9 Å². The molecule has 0 aliphatic rings. The number of hydrogen-bond acceptors (Lipinski definition) is 8. The molecule has 0 saturated carbocycles. The number of rotatable bonds is 8. The van der Waals surface area contributed by atoms with E-state index in [9.17, 15) is 10.1 Å². The minimum Gasteiger partial charge on any atom is -0.378 e. The van der Waals surface area contributed by atoms with Gasteiger partial charge in [0.25, 0.3) is 0 Å². The number of halogens is 2. The predicted octanol–water partition coefficient (Wildman–Crippen LogP) is 4.57.